The maximum absolute atomic E-state index is 11.1. The van der Waals surface area contributed by atoms with Gasteiger partial charge in [-0.1, -0.05) is 59.7 Å². The molecule has 0 radical (unpaired) electrons. The maximum Gasteiger partial charge on any atom is 0.146 e. The number of fused-ring (bicyclic) bond motifs is 1. The van der Waals surface area contributed by atoms with Gasteiger partial charge in [0.15, 0.2) is 0 Å². The van der Waals surface area contributed by atoms with Crippen molar-refractivity contribution in [3.05, 3.63) is 47.5 Å². The highest BCUT2D eigenvalue weighted by molar-refractivity contribution is 5.73. The van der Waals surface area contributed by atoms with Gasteiger partial charge in [0.25, 0.3) is 0 Å². The summed E-state index contributed by atoms with van der Waals surface area (Å²) in [5.74, 6) is 0.275. The van der Waals surface area contributed by atoms with Crippen LogP contribution < -0.4 is 0 Å². The molecule has 0 aliphatic rings. The molecular formula is C22H29N3O. The molecule has 0 unspecified atom stereocenters. The third-order valence-corrected chi connectivity index (χ3v) is 4.76. The van der Waals surface area contributed by atoms with Crippen molar-refractivity contribution in [3.8, 4) is 11.4 Å². The first-order valence-corrected chi connectivity index (χ1v) is 9.29. The molecule has 1 N–H and O–H groups in total. The van der Waals surface area contributed by atoms with Crippen molar-refractivity contribution in [1.29, 1.82) is 0 Å². The van der Waals surface area contributed by atoms with Crippen molar-refractivity contribution in [2.24, 2.45) is 5.41 Å². The van der Waals surface area contributed by atoms with Gasteiger partial charge in [-0.25, -0.2) is 0 Å². The largest absolute Gasteiger partial charge is 0.505 e. The second kappa shape index (κ2) is 6.42. The fourth-order valence-electron chi connectivity index (χ4n) is 3.94. The average Bonchev–Trinajstić information content (AvgIpc) is 2.96. The number of phenols is 1. The average molecular weight is 351 g/mol. The van der Waals surface area contributed by atoms with Gasteiger partial charge >= 0.3 is 0 Å². The smallest absolute Gasteiger partial charge is 0.146 e. The first-order chi connectivity index (χ1) is 12.1. The van der Waals surface area contributed by atoms with Crippen LogP contribution in [0.4, 0.5) is 0 Å². The lowest BCUT2D eigenvalue weighted by Crippen LogP contribution is -2.25. The fourth-order valence-corrected chi connectivity index (χ4v) is 3.94. The molecule has 26 heavy (non-hydrogen) atoms. The third kappa shape index (κ3) is 3.59. The van der Waals surface area contributed by atoms with E-state index in [1.165, 1.54) is 5.56 Å². The topological polar surface area (TPSA) is 50.9 Å². The number of benzene rings is 2. The van der Waals surface area contributed by atoms with Crippen LogP contribution in [0.3, 0.4) is 0 Å². The van der Waals surface area contributed by atoms with Gasteiger partial charge in [0.05, 0.1) is 0 Å². The van der Waals surface area contributed by atoms with Crippen molar-refractivity contribution in [2.45, 2.75) is 59.8 Å². The molecular weight excluding hydrogens is 322 g/mol. The van der Waals surface area contributed by atoms with Crippen molar-refractivity contribution in [2.75, 3.05) is 0 Å². The molecule has 0 fully saturated rings. The van der Waals surface area contributed by atoms with Gasteiger partial charge in [0, 0.05) is 5.56 Å². The van der Waals surface area contributed by atoms with Crippen molar-refractivity contribution in [1.82, 2.24) is 15.0 Å². The van der Waals surface area contributed by atoms with E-state index < -0.39 is 0 Å². The number of nitrogens with zero attached hydrogens (tertiary/aromatic N) is 3. The molecule has 0 atom stereocenters. The van der Waals surface area contributed by atoms with Crippen LogP contribution >= 0.6 is 0 Å². The van der Waals surface area contributed by atoms with Crippen molar-refractivity contribution >= 4 is 11.0 Å². The van der Waals surface area contributed by atoms with Crippen LogP contribution in [0.5, 0.6) is 5.75 Å². The van der Waals surface area contributed by atoms with E-state index >= 15 is 0 Å². The zero-order valence-electron chi connectivity index (χ0n) is 16.7. The predicted molar refractivity (Wildman–Crippen MR) is 107 cm³/mol. The molecule has 0 saturated carbocycles. The van der Waals surface area contributed by atoms with Crippen molar-refractivity contribution in [3.63, 3.8) is 0 Å². The van der Waals surface area contributed by atoms with Gasteiger partial charge in [0.1, 0.15) is 22.5 Å². The first-order valence-electron chi connectivity index (χ1n) is 9.29. The molecule has 138 valence electrons. The van der Waals surface area contributed by atoms with E-state index in [0.717, 1.165) is 29.4 Å². The van der Waals surface area contributed by atoms with Gasteiger partial charge in [-0.2, -0.15) is 0 Å². The SMILES string of the molecule is CCc1cc(-n2nc3ccccc3n2)c(O)c(C(C)(C)CC(C)(C)C)c1. The van der Waals surface area contributed by atoms with Crippen LogP contribution in [0.25, 0.3) is 16.7 Å². The van der Waals surface area contributed by atoms with E-state index in [-0.39, 0.29) is 16.6 Å². The van der Waals surface area contributed by atoms with Crippen LogP contribution in [0.2, 0.25) is 0 Å². The molecule has 2 aromatic carbocycles. The van der Waals surface area contributed by atoms with E-state index in [0.29, 0.717) is 5.69 Å². The summed E-state index contributed by atoms with van der Waals surface area (Å²) < 4.78 is 0. The number of phenolic OH excluding ortho intramolecular Hbond substituents is 1. The summed E-state index contributed by atoms with van der Waals surface area (Å²) in [6, 6.07) is 11.9. The molecule has 0 bridgehead atoms. The molecule has 4 heteroatoms. The molecule has 0 spiro atoms. The minimum absolute atomic E-state index is 0.158. The van der Waals surface area contributed by atoms with E-state index in [1.807, 2.05) is 30.3 Å². The lowest BCUT2D eigenvalue weighted by atomic mass is 9.71. The summed E-state index contributed by atoms with van der Waals surface area (Å²) >= 11 is 0. The molecule has 0 saturated heterocycles. The number of hydrogen-bond donors (Lipinski definition) is 1. The normalized spacial score (nSPS) is 12.7. The number of hydrogen-bond acceptors (Lipinski definition) is 3. The Morgan fingerprint density at radius 1 is 0.962 bits per heavy atom. The Bertz CT molecular complexity index is 899. The molecule has 0 aliphatic carbocycles. The van der Waals surface area contributed by atoms with Crippen LogP contribution in [0.15, 0.2) is 36.4 Å². The Morgan fingerprint density at radius 2 is 1.54 bits per heavy atom. The van der Waals surface area contributed by atoms with E-state index in [4.69, 9.17) is 0 Å². The second-order valence-corrected chi connectivity index (χ2v) is 8.96. The van der Waals surface area contributed by atoms with Gasteiger partial charge in [-0.05, 0) is 47.4 Å². The Labute approximate surface area is 155 Å². The van der Waals surface area contributed by atoms with E-state index in [1.54, 1.807) is 4.80 Å². The minimum atomic E-state index is -0.158. The number of aryl methyl sites for hydroxylation is 1. The molecule has 0 aliphatic heterocycles. The van der Waals surface area contributed by atoms with Crippen LogP contribution in [0, 0.1) is 5.41 Å². The van der Waals surface area contributed by atoms with E-state index in [2.05, 4.69) is 57.8 Å². The fraction of sp³-hybridized carbons (Fsp3) is 0.455. The minimum Gasteiger partial charge on any atom is -0.505 e. The van der Waals surface area contributed by atoms with E-state index in [9.17, 15) is 5.11 Å². The number of rotatable bonds is 4. The molecule has 1 heterocycles. The quantitative estimate of drug-likeness (QED) is 0.684. The van der Waals surface area contributed by atoms with Crippen LogP contribution in [0.1, 0.15) is 59.1 Å². The molecule has 3 rings (SSSR count). The summed E-state index contributed by atoms with van der Waals surface area (Å²) in [5.41, 5.74) is 4.44. The zero-order chi connectivity index (χ0) is 19.1. The monoisotopic (exact) mass is 351 g/mol. The molecule has 0 amide bonds. The summed E-state index contributed by atoms with van der Waals surface area (Å²) in [6.07, 6.45) is 1.86. The lowest BCUT2D eigenvalue weighted by molar-refractivity contribution is 0.278. The standard InChI is InChI=1S/C22H29N3O/c1-7-15-12-16(22(5,6)14-21(2,3)4)20(26)19(13-15)25-23-17-10-8-9-11-18(17)24-25/h8-13,26H,7,14H2,1-6H3. The summed E-state index contributed by atoms with van der Waals surface area (Å²) in [6.45, 7) is 13.2. The van der Waals surface area contributed by atoms with Gasteiger partial charge in [-0.3, -0.25) is 0 Å². The highest BCUT2D eigenvalue weighted by Gasteiger charge is 2.31. The highest BCUT2D eigenvalue weighted by Crippen LogP contribution is 2.42. The Balaban J connectivity index is 2.17. The van der Waals surface area contributed by atoms with Crippen molar-refractivity contribution < 1.29 is 5.11 Å². The maximum atomic E-state index is 11.1. The predicted octanol–water partition coefficient (Wildman–Crippen LogP) is 5.40. The summed E-state index contributed by atoms with van der Waals surface area (Å²) in [4.78, 5) is 1.57. The molecule has 1 aromatic heterocycles. The number of aromatic hydroxyl groups is 1. The Kier molecular flexibility index (Phi) is 4.55. The van der Waals surface area contributed by atoms with Gasteiger partial charge in [0.2, 0.25) is 0 Å². The third-order valence-electron chi connectivity index (χ3n) is 4.76. The number of aromatic nitrogens is 3. The van der Waals surface area contributed by atoms with Crippen LogP contribution in [-0.4, -0.2) is 20.1 Å². The highest BCUT2D eigenvalue weighted by atomic mass is 16.3. The second-order valence-electron chi connectivity index (χ2n) is 8.96. The Hall–Kier alpha value is -2.36. The van der Waals surface area contributed by atoms with Crippen LogP contribution in [-0.2, 0) is 11.8 Å². The summed E-state index contributed by atoms with van der Waals surface area (Å²) in [5, 5.41) is 20.2. The zero-order valence-corrected chi connectivity index (χ0v) is 16.7. The Morgan fingerprint density at radius 3 is 2.04 bits per heavy atom. The lowest BCUT2D eigenvalue weighted by Gasteiger charge is -2.34. The summed E-state index contributed by atoms with van der Waals surface area (Å²) in [7, 11) is 0. The van der Waals surface area contributed by atoms with Gasteiger partial charge < -0.3 is 5.11 Å². The molecule has 3 aromatic rings. The van der Waals surface area contributed by atoms with Gasteiger partial charge in [-0.15, -0.1) is 15.0 Å². The molecule has 4 nitrogen and oxygen atoms in total. The first kappa shape index (κ1) is 18.4.